The van der Waals surface area contributed by atoms with Gasteiger partial charge in [-0.2, -0.15) is 0 Å². The second-order valence-electron chi connectivity index (χ2n) is 14.6. The van der Waals surface area contributed by atoms with Crippen LogP contribution in [0, 0.1) is 12.3 Å². The summed E-state index contributed by atoms with van der Waals surface area (Å²) in [6.45, 7) is 5.04. The highest BCUT2D eigenvalue weighted by Gasteiger charge is 2.45. The molecule has 19 heteroatoms. The summed E-state index contributed by atoms with van der Waals surface area (Å²) >= 11 is 1.54. The van der Waals surface area contributed by atoms with E-state index in [0.29, 0.717) is 5.56 Å². The number of carbonyl (C=O) groups is 8. The first-order chi connectivity index (χ1) is 25.9. The van der Waals surface area contributed by atoms with E-state index in [-0.39, 0.29) is 25.8 Å². The predicted molar refractivity (Wildman–Crippen MR) is 200 cm³/mol. The largest absolute Gasteiger partial charge is 0.391 e. The van der Waals surface area contributed by atoms with Gasteiger partial charge in [-0.05, 0) is 46.9 Å². The zero-order chi connectivity index (χ0) is 40.6. The highest BCUT2D eigenvalue weighted by atomic mass is 32.1. The molecule has 0 bridgehead atoms. The zero-order valence-corrected chi connectivity index (χ0v) is 31.9. The molecule has 8 amide bonds. The van der Waals surface area contributed by atoms with E-state index in [1.165, 1.54) is 11.3 Å². The van der Waals surface area contributed by atoms with Crippen LogP contribution in [-0.4, -0.2) is 114 Å². The van der Waals surface area contributed by atoms with Gasteiger partial charge in [0.1, 0.15) is 30.2 Å². The monoisotopic (exact) mass is 783 g/mol. The van der Waals surface area contributed by atoms with Crippen LogP contribution in [0.15, 0.2) is 35.7 Å². The molecule has 2 aliphatic heterocycles. The van der Waals surface area contributed by atoms with Crippen LogP contribution in [-0.2, 0) is 38.4 Å². The van der Waals surface area contributed by atoms with Gasteiger partial charge in [-0.1, -0.05) is 45.0 Å². The normalized spacial score (nSPS) is 25.3. The number of carbonyl (C=O) groups excluding carboxylic acids is 8. The van der Waals surface area contributed by atoms with Crippen LogP contribution in [0.25, 0.3) is 10.4 Å². The molecular formula is C36H49N9O9S. The van der Waals surface area contributed by atoms with E-state index >= 15 is 0 Å². The van der Waals surface area contributed by atoms with Crippen LogP contribution < -0.4 is 43.4 Å². The lowest BCUT2D eigenvalue weighted by molar-refractivity contribution is -0.144. The fraction of sp³-hybridized carbons (Fsp3) is 0.500. The number of aliphatic hydroxyl groups is 1. The second kappa shape index (κ2) is 18.3. The minimum Gasteiger partial charge on any atom is -0.391 e. The Morgan fingerprint density at radius 1 is 0.855 bits per heavy atom. The number of nitrogens with two attached hydrogens (primary N) is 2. The first-order valence-corrected chi connectivity index (χ1v) is 18.6. The number of nitrogens with zero attached hydrogens (tertiary/aromatic N) is 1. The third-order valence-electron chi connectivity index (χ3n) is 9.25. The Morgan fingerprint density at radius 3 is 2.07 bits per heavy atom. The van der Waals surface area contributed by atoms with Crippen molar-refractivity contribution in [1.82, 2.24) is 36.8 Å². The number of aliphatic hydroxyl groups excluding tert-OH is 1. The maximum Gasteiger partial charge on any atom is 0.247 e. The molecule has 0 spiro atoms. The Balaban J connectivity index is 1.71. The number of hydrogen-bond acceptors (Lipinski definition) is 11. The Kier molecular flexibility index (Phi) is 14.1. The average Bonchev–Trinajstić information content (AvgIpc) is 3.75. The van der Waals surface area contributed by atoms with Crippen molar-refractivity contribution in [1.29, 1.82) is 0 Å². The first-order valence-electron chi connectivity index (χ1n) is 17.8. The molecule has 2 aliphatic rings. The summed E-state index contributed by atoms with van der Waals surface area (Å²) in [5.74, 6) is -6.42. The van der Waals surface area contributed by atoms with Crippen LogP contribution in [0.2, 0.25) is 0 Å². The Bertz CT molecular complexity index is 1790. The Labute approximate surface area is 321 Å². The molecular weight excluding hydrogens is 735 g/mol. The minimum absolute atomic E-state index is 0.167. The summed E-state index contributed by atoms with van der Waals surface area (Å²) in [7, 11) is 0. The van der Waals surface area contributed by atoms with E-state index < -0.39 is 109 Å². The third kappa shape index (κ3) is 11.1. The maximum atomic E-state index is 14.1. The van der Waals surface area contributed by atoms with Crippen LogP contribution >= 0.6 is 11.3 Å². The number of thiophene rings is 1. The van der Waals surface area contributed by atoms with Crippen molar-refractivity contribution in [3.05, 3.63) is 46.8 Å². The molecule has 1 aromatic carbocycles. The SMILES string of the molecule is Cc1ccsc1-c1ccc([C@@H]2NC(=O)[C@@H]3C[C@@H](O)CN3C(=O)[C@H](C(C)(C)C)NC(=O)CNC(=O)[C@H](CCC(N)=O)NC(=O)[C@@H](CN)NC(=O)CNC2=O)cc1. The molecule has 4 rings (SSSR count). The quantitative estimate of drug-likeness (QED) is 0.153. The lowest BCUT2D eigenvalue weighted by Gasteiger charge is -2.35. The van der Waals surface area contributed by atoms with E-state index in [0.717, 1.165) is 20.9 Å². The van der Waals surface area contributed by atoms with E-state index in [4.69, 9.17) is 11.5 Å². The smallest absolute Gasteiger partial charge is 0.247 e. The van der Waals surface area contributed by atoms with Gasteiger partial charge in [-0.3, -0.25) is 38.4 Å². The summed E-state index contributed by atoms with van der Waals surface area (Å²) in [5.41, 5.74) is 12.4. The van der Waals surface area contributed by atoms with Crippen molar-refractivity contribution in [2.75, 3.05) is 26.2 Å². The van der Waals surface area contributed by atoms with Gasteiger partial charge in [0, 0.05) is 30.8 Å². The molecule has 2 saturated heterocycles. The van der Waals surface area contributed by atoms with Crippen molar-refractivity contribution in [3.8, 4) is 10.4 Å². The number of rotatable bonds is 6. The molecule has 11 N–H and O–H groups in total. The number of amides is 8. The van der Waals surface area contributed by atoms with Gasteiger partial charge in [0.25, 0.3) is 0 Å². The standard InChI is InChI=1S/C36H49N9O9S/c1-18-11-12-55-29(18)20-7-5-19(6-8-20)28-34(53)40-15-26(48)41-23(14-37)32(51)42-22(9-10-25(38)47)31(50)39-16-27(49)43-30(36(2,3)4)35(54)45-17-21(46)13-24(45)33(52)44-28/h5-8,11-12,21-24,28,30,46H,9-10,13-17,37H2,1-4H3,(H2,38,47)(H,39,50)(H,40,53)(H,41,48)(H,42,51)(H,43,49)(H,44,52)/t21-,22+,23-,24+,28+,30-/m1/s1. The maximum absolute atomic E-state index is 14.1. The van der Waals surface area contributed by atoms with Crippen molar-refractivity contribution in [2.24, 2.45) is 16.9 Å². The molecule has 0 aliphatic carbocycles. The van der Waals surface area contributed by atoms with E-state index in [1.54, 1.807) is 45.0 Å². The molecule has 18 nitrogen and oxygen atoms in total. The van der Waals surface area contributed by atoms with E-state index in [2.05, 4.69) is 31.9 Å². The Hall–Kier alpha value is -5.40. The van der Waals surface area contributed by atoms with E-state index in [9.17, 15) is 43.5 Å². The van der Waals surface area contributed by atoms with Gasteiger partial charge < -0.3 is 53.4 Å². The van der Waals surface area contributed by atoms with Crippen molar-refractivity contribution < 1.29 is 43.5 Å². The average molecular weight is 784 g/mol. The highest BCUT2D eigenvalue weighted by Crippen LogP contribution is 2.31. The number of aryl methyl sites for hydroxylation is 1. The van der Waals surface area contributed by atoms with Crippen molar-refractivity contribution in [3.63, 3.8) is 0 Å². The number of hydrogen-bond donors (Lipinski definition) is 9. The van der Waals surface area contributed by atoms with Gasteiger partial charge in [0.15, 0.2) is 0 Å². The van der Waals surface area contributed by atoms with Crippen molar-refractivity contribution >= 4 is 58.6 Å². The van der Waals surface area contributed by atoms with Crippen molar-refractivity contribution in [2.45, 2.75) is 83.3 Å². The fourth-order valence-electron chi connectivity index (χ4n) is 6.23. The summed E-state index contributed by atoms with van der Waals surface area (Å²) in [6, 6.07) is 2.20. The second-order valence-corrected chi connectivity index (χ2v) is 15.5. The lowest BCUT2D eigenvalue weighted by Crippen LogP contribution is -2.59. The van der Waals surface area contributed by atoms with Gasteiger partial charge >= 0.3 is 0 Å². The predicted octanol–water partition coefficient (Wildman–Crippen LogP) is -2.19. The van der Waals surface area contributed by atoms with Crippen LogP contribution in [0.5, 0.6) is 0 Å². The fourth-order valence-corrected chi connectivity index (χ4v) is 7.17. The van der Waals surface area contributed by atoms with Crippen LogP contribution in [0.3, 0.4) is 0 Å². The van der Waals surface area contributed by atoms with Gasteiger partial charge in [-0.15, -0.1) is 11.3 Å². The highest BCUT2D eigenvalue weighted by molar-refractivity contribution is 7.13. The summed E-state index contributed by atoms with van der Waals surface area (Å²) < 4.78 is 0. The molecule has 0 unspecified atom stereocenters. The van der Waals surface area contributed by atoms with E-state index in [1.807, 2.05) is 18.4 Å². The first kappa shape index (κ1) is 42.3. The van der Waals surface area contributed by atoms with Gasteiger partial charge in [-0.25, -0.2) is 0 Å². The molecule has 0 saturated carbocycles. The molecule has 298 valence electrons. The molecule has 3 heterocycles. The van der Waals surface area contributed by atoms with Gasteiger partial charge in [0.05, 0.1) is 19.2 Å². The zero-order valence-electron chi connectivity index (χ0n) is 31.1. The molecule has 2 aromatic rings. The lowest BCUT2D eigenvalue weighted by atomic mass is 9.85. The number of fused-ring (bicyclic) bond motifs is 1. The van der Waals surface area contributed by atoms with Gasteiger partial charge in [0.2, 0.25) is 47.3 Å². The van der Waals surface area contributed by atoms with Crippen LogP contribution in [0.4, 0.5) is 0 Å². The number of benzene rings is 1. The summed E-state index contributed by atoms with van der Waals surface area (Å²) in [6.07, 6.45) is -1.84. The molecule has 55 heavy (non-hydrogen) atoms. The number of nitrogens with one attached hydrogen (secondary N) is 6. The topological polar surface area (TPSA) is 284 Å². The van der Waals surface area contributed by atoms with Crippen LogP contribution in [0.1, 0.15) is 57.2 Å². The summed E-state index contributed by atoms with van der Waals surface area (Å²) in [5, 5.41) is 27.6. The summed E-state index contributed by atoms with van der Waals surface area (Å²) in [4.78, 5) is 108. The molecule has 6 atom stereocenters. The number of primary amides is 1. The minimum atomic E-state index is -1.38. The molecule has 2 fully saturated rings. The Morgan fingerprint density at radius 2 is 1.49 bits per heavy atom. The molecule has 1 aromatic heterocycles. The molecule has 0 radical (unpaired) electrons. The third-order valence-corrected chi connectivity index (χ3v) is 10.3.